The SMILES string of the molecule is CCCC[C@@H](CC(=O)NOCc1ccccc1)NS(=O)(=O)c1ccc(F)cc1. The van der Waals surface area contributed by atoms with E-state index in [-0.39, 0.29) is 17.9 Å². The van der Waals surface area contributed by atoms with Crippen LogP contribution in [0.4, 0.5) is 4.39 Å². The van der Waals surface area contributed by atoms with Crippen molar-refractivity contribution in [2.45, 2.75) is 50.2 Å². The lowest BCUT2D eigenvalue weighted by Crippen LogP contribution is -2.39. The minimum atomic E-state index is -3.85. The number of carbonyl (C=O) groups is 1. The van der Waals surface area contributed by atoms with Crippen LogP contribution in [-0.4, -0.2) is 20.4 Å². The van der Waals surface area contributed by atoms with Crippen LogP contribution in [0.5, 0.6) is 0 Å². The zero-order valence-electron chi connectivity index (χ0n) is 15.7. The summed E-state index contributed by atoms with van der Waals surface area (Å²) in [4.78, 5) is 17.3. The Morgan fingerprint density at radius 2 is 1.79 bits per heavy atom. The maximum Gasteiger partial charge on any atom is 0.245 e. The molecular weight excluding hydrogens is 383 g/mol. The fourth-order valence-corrected chi connectivity index (χ4v) is 3.86. The van der Waals surface area contributed by atoms with Gasteiger partial charge in [0.15, 0.2) is 0 Å². The van der Waals surface area contributed by atoms with Crippen molar-refractivity contribution in [1.82, 2.24) is 10.2 Å². The van der Waals surface area contributed by atoms with E-state index in [1.807, 2.05) is 37.3 Å². The molecule has 28 heavy (non-hydrogen) atoms. The maximum atomic E-state index is 13.0. The van der Waals surface area contributed by atoms with E-state index in [1.54, 1.807) is 0 Å². The lowest BCUT2D eigenvalue weighted by Gasteiger charge is -2.18. The van der Waals surface area contributed by atoms with E-state index in [0.29, 0.717) is 6.42 Å². The van der Waals surface area contributed by atoms with Crippen LogP contribution in [0.25, 0.3) is 0 Å². The third kappa shape index (κ3) is 7.38. The fourth-order valence-electron chi connectivity index (χ4n) is 2.59. The van der Waals surface area contributed by atoms with E-state index in [1.165, 1.54) is 12.1 Å². The predicted molar refractivity (Wildman–Crippen MR) is 104 cm³/mol. The zero-order valence-corrected chi connectivity index (χ0v) is 16.5. The molecule has 0 saturated heterocycles. The Morgan fingerprint density at radius 1 is 1.11 bits per heavy atom. The first kappa shape index (κ1) is 22.0. The Labute approximate surface area is 165 Å². The highest BCUT2D eigenvalue weighted by molar-refractivity contribution is 7.89. The van der Waals surface area contributed by atoms with Crippen LogP contribution in [0, 0.1) is 5.82 Å². The molecule has 0 aliphatic rings. The van der Waals surface area contributed by atoms with Gasteiger partial charge in [0.2, 0.25) is 15.9 Å². The van der Waals surface area contributed by atoms with E-state index >= 15 is 0 Å². The molecule has 0 aliphatic carbocycles. The van der Waals surface area contributed by atoms with Gasteiger partial charge in [-0.15, -0.1) is 0 Å². The molecule has 152 valence electrons. The Bertz CT molecular complexity index is 842. The third-order valence-corrected chi connectivity index (χ3v) is 5.59. The van der Waals surface area contributed by atoms with Crippen molar-refractivity contribution in [3.63, 3.8) is 0 Å². The lowest BCUT2D eigenvalue weighted by molar-refractivity contribution is -0.135. The van der Waals surface area contributed by atoms with Crippen molar-refractivity contribution in [2.24, 2.45) is 0 Å². The van der Waals surface area contributed by atoms with E-state index < -0.39 is 27.8 Å². The number of hydrogen-bond donors (Lipinski definition) is 2. The predicted octanol–water partition coefficient (Wildman–Crippen LogP) is 3.30. The summed E-state index contributed by atoms with van der Waals surface area (Å²) < 4.78 is 40.6. The molecule has 0 unspecified atom stereocenters. The normalized spacial score (nSPS) is 12.5. The van der Waals surface area contributed by atoms with Gasteiger partial charge >= 0.3 is 0 Å². The van der Waals surface area contributed by atoms with E-state index in [2.05, 4.69) is 10.2 Å². The van der Waals surface area contributed by atoms with Gasteiger partial charge in [-0.25, -0.2) is 23.0 Å². The van der Waals surface area contributed by atoms with Crippen LogP contribution >= 0.6 is 0 Å². The molecule has 0 bridgehead atoms. The number of hydrogen-bond acceptors (Lipinski definition) is 4. The lowest BCUT2D eigenvalue weighted by atomic mass is 10.1. The summed E-state index contributed by atoms with van der Waals surface area (Å²) in [6.07, 6.45) is 2.06. The summed E-state index contributed by atoms with van der Waals surface area (Å²) in [5.41, 5.74) is 3.25. The standard InChI is InChI=1S/C20H25FN2O4S/c1-2-3-9-18(23-28(25,26)19-12-10-17(21)11-13-19)14-20(24)22-27-15-16-7-5-4-6-8-16/h4-8,10-13,18,23H,2-3,9,14-15H2,1H3,(H,22,24)/t18-/m0/s1. The van der Waals surface area contributed by atoms with Crippen molar-refractivity contribution in [3.05, 3.63) is 66.0 Å². The molecule has 0 radical (unpaired) electrons. The van der Waals surface area contributed by atoms with Gasteiger partial charge in [0.25, 0.3) is 0 Å². The largest absolute Gasteiger partial charge is 0.273 e. The molecule has 8 heteroatoms. The number of rotatable bonds is 11. The molecule has 0 fully saturated rings. The first-order valence-electron chi connectivity index (χ1n) is 9.13. The van der Waals surface area contributed by atoms with Gasteiger partial charge in [-0.05, 0) is 36.2 Å². The van der Waals surface area contributed by atoms with Gasteiger partial charge in [-0.3, -0.25) is 9.63 Å². The number of benzene rings is 2. The second-order valence-electron chi connectivity index (χ2n) is 6.42. The molecule has 0 aliphatic heterocycles. The second kappa shape index (κ2) is 10.9. The minimum Gasteiger partial charge on any atom is -0.273 e. The van der Waals surface area contributed by atoms with Crippen molar-refractivity contribution >= 4 is 15.9 Å². The van der Waals surface area contributed by atoms with Crippen molar-refractivity contribution in [3.8, 4) is 0 Å². The molecule has 2 aromatic rings. The van der Waals surface area contributed by atoms with Gasteiger partial charge in [0.05, 0.1) is 11.5 Å². The number of nitrogens with one attached hydrogen (secondary N) is 2. The first-order chi connectivity index (χ1) is 13.4. The molecule has 0 saturated carbocycles. The van der Waals surface area contributed by atoms with E-state index in [4.69, 9.17) is 4.84 Å². The molecule has 0 spiro atoms. The summed E-state index contributed by atoms with van der Waals surface area (Å²) in [6.45, 7) is 2.20. The highest BCUT2D eigenvalue weighted by Gasteiger charge is 2.22. The molecule has 6 nitrogen and oxygen atoms in total. The molecule has 1 atom stereocenters. The third-order valence-electron chi connectivity index (χ3n) is 4.05. The summed E-state index contributed by atoms with van der Waals surface area (Å²) in [5.74, 6) is -0.935. The molecule has 2 rings (SSSR count). The fraction of sp³-hybridized carbons (Fsp3) is 0.350. The monoisotopic (exact) mass is 408 g/mol. The maximum absolute atomic E-state index is 13.0. The van der Waals surface area contributed by atoms with Gasteiger partial charge < -0.3 is 0 Å². The smallest absolute Gasteiger partial charge is 0.245 e. The number of amides is 1. The van der Waals surface area contributed by atoms with Crippen LogP contribution in [0.2, 0.25) is 0 Å². The highest BCUT2D eigenvalue weighted by Crippen LogP contribution is 2.13. The molecule has 1 amide bonds. The van der Waals surface area contributed by atoms with Crippen molar-refractivity contribution in [2.75, 3.05) is 0 Å². The Kier molecular flexibility index (Phi) is 8.56. The Balaban J connectivity index is 1.92. The first-order valence-corrected chi connectivity index (χ1v) is 10.6. The molecule has 2 N–H and O–H groups in total. The number of sulfonamides is 1. The average Bonchev–Trinajstić information content (AvgIpc) is 2.67. The Hall–Kier alpha value is -2.29. The van der Waals surface area contributed by atoms with E-state index in [0.717, 1.165) is 30.5 Å². The molecular formula is C20H25FN2O4S. The number of halogens is 1. The number of unbranched alkanes of at least 4 members (excludes halogenated alkanes) is 1. The molecule has 2 aromatic carbocycles. The Morgan fingerprint density at radius 3 is 2.43 bits per heavy atom. The summed E-state index contributed by atoms with van der Waals surface area (Å²) >= 11 is 0. The number of carbonyl (C=O) groups excluding carboxylic acids is 1. The highest BCUT2D eigenvalue weighted by atomic mass is 32.2. The summed E-state index contributed by atoms with van der Waals surface area (Å²) in [7, 11) is -3.85. The van der Waals surface area contributed by atoms with Gasteiger partial charge in [0.1, 0.15) is 5.82 Å². The van der Waals surface area contributed by atoms with Crippen LogP contribution in [0.3, 0.4) is 0 Å². The quantitative estimate of drug-likeness (QED) is 0.559. The van der Waals surface area contributed by atoms with Crippen LogP contribution < -0.4 is 10.2 Å². The van der Waals surface area contributed by atoms with Crippen LogP contribution in [0.15, 0.2) is 59.5 Å². The number of hydroxylamine groups is 1. The van der Waals surface area contributed by atoms with E-state index in [9.17, 15) is 17.6 Å². The van der Waals surface area contributed by atoms with Gasteiger partial charge in [-0.1, -0.05) is 50.1 Å². The van der Waals surface area contributed by atoms with Crippen molar-refractivity contribution in [1.29, 1.82) is 0 Å². The van der Waals surface area contributed by atoms with Gasteiger partial charge in [-0.2, -0.15) is 0 Å². The average molecular weight is 408 g/mol. The molecule has 0 heterocycles. The summed E-state index contributed by atoms with van der Waals surface area (Å²) in [6, 6.07) is 13.3. The van der Waals surface area contributed by atoms with Crippen molar-refractivity contribution < 1.29 is 22.4 Å². The minimum absolute atomic E-state index is 0.0452. The van der Waals surface area contributed by atoms with Crippen LogP contribution in [-0.2, 0) is 26.3 Å². The van der Waals surface area contributed by atoms with Gasteiger partial charge in [0, 0.05) is 12.5 Å². The zero-order chi connectivity index (χ0) is 20.4. The second-order valence-corrected chi connectivity index (χ2v) is 8.13. The summed E-state index contributed by atoms with van der Waals surface area (Å²) in [5, 5.41) is 0. The topological polar surface area (TPSA) is 84.5 Å². The molecule has 0 aromatic heterocycles. The van der Waals surface area contributed by atoms with Crippen LogP contribution in [0.1, 0.15) is 38.2 Å².